The third-order valence-corrected chi connectivity index (χ3v) is 3.59. The molecule has 0 fully saturated rings. The number of carboxylic acids is 2. The first-order valence-corrected chi connectivity index (χ1v) is 6.33. The first-order valence-electron chi connectivity index (χ1n) is 6.33. The van der Waals surface area contributed by atoms with Gasteiger partial charge in [0, 0.05) is 21.9 Å². The Morgan fingerprint density at radius 1 is 1.09 bits per heavy atom. The highest BCUT2D eigenvalue weighted by molar-refractivity contribution is 6.49. The number of hydrogen-bond acceptors (Lipinski definition) is 5. The van der Waals surface area contributed by atoms with Crippen molar-refractivity contribution in [2.24, 2.45) is 9.98 Å². The van der Waals surface area contributed by atoms with Crippen molar-refractivity contribution in [1.29, 1.82) is 0 Å². The zero-order chi connectivity index (χ0) is 15.4. The van der Waals surface area contributed by atoms with E-state index < -0.39 is 11.9 Å². The van der Waals surface area contributed by atoms with E-state index in [1.165, 1.54) is 12.1 Å². The van der Waals surface area contributed by atoms with Gasteiger partial charge < -0.3 is 10.2 Å². The number of fused-ring (bicyclic) bond motifs is 4. The average molecular weight is 293 g/mol. The summed E-state index contributed by atoms with van der Waals surface area (Å²) in [5.74, 6) is -2.30. The van der Waals surface area contributed by atoms with Crippen molar-refractivity contribution in [1.82, 2.24) is 4.98 Å². The first kappa shape index (κ1) is 12.4. The lowest BCUT2D eigenvalue weighted by atomic mass is 10.1. The van der Waals surface area contributed by atoms with Crippen LogP contribution in [0, 0.1) is 10.4 Å². The molecule has 2 aliphatic rings. The maximum Gasteiger partial charge on any atom is 0.354 e. The Hall–Kier alpha value is -3.35. The Labute approximate surface area is 121 Å². The van der Waals surface area contributed by atoms with E-state index in [-0.39, 0.29) is 11.3 Å². The van der Waals surface area contributed by atoms with Crippen LogP contribution in [0.15, 0.2) is 34.5 Å². The van der Waals surface area contributed by atoms with Crippen molar-refractivity contribution < 1.29 is 19.8 Å². The molecule has 2 N–H and O–H groups in total. The summed E-state index contributed by atoms with van der Waals surface area (Å²) in [5, 5.41) is 20.9. The summed E-state index contributed by atoms with van der Waals surface area (Å²) in [7, 11) is 0. The van der Waals surface area contributed by atoms with E-state index in [4.69, 9.17) is 5.11 Å². The van der Waals surface area contributed by atoms with Gasteiger partial charge in [0.05, 0.1) is 28.5 Å². The molecule has 22 heavy (non-hydrogen) atoms. The van der Waals surface area contributed by atoms with Gasteiger partial charge in [-0.1, -0.05) is 0 Å². The third-order valence-electron chi connectivity index (χ3n) is 3.59. The molecule has 0 saturated heterocycles. The second-order valence-corrected chi connectivity index (χ2v) is 4.84. The van der Waals surface area contributed by atoms with E-state index in [1.807, 2.05) is 0 Å². The number of carbonyl (C=O) groups is 2. The second kappa shape index (κ2) is 4.08. The van der Waals surface area contributed by atoms with Crippen molar-refractivity contribution in [3.63, 3.8) is 0 Å². The van der Waals surface area contributed by atoms with Crippen LogP contribution in [0.3, 0.4) is 0 Å². The molecule has 2 aromatic rings. The Morgan fingerprint density at radius 3 is 2.64 bits per heavy atom. The predicted molar refractivity (Wildman–Crippen MR) is 74.9 cm³/mol. The lowest BCUT2D eigenvalue weighted by Crippen LogP contribution is -2.10. The van der Waals surface area contributed by atoms with E-state index in [9.17, 15) is 14.7 Å². The molecular formula is C15H7N3O4. The third kappa shape index (κ3) is 1.53. The highest BCUT2D eigenvalue weighted by Gasteiger charge is 2.22. The van der Waals surface area contributed by atoms with E-state index in [0.29, 0.717) is 27.2 Å². The van der Waals surface area contributed by atoms with E-state index in [0.717, 1.165) is 5.22 Å². The normalized spacial score (nSPS) is 13.4. The molecule has 106 valence electrons. The summed E-state index contributed by atoms with van der Waals surface area (Å²) in [5.41, 5.74) is 0.511. The molecule has 0 bridgehead atoms. The molecule has 0 saturated carbocycles. The molecule has 0 atom stereocenters. The van der Waals surface area contributed by atoms with Gasteiger partial charge in [0.2, 0.25) is 0 Å². The minimum absolute atomic E-state index is 0.00580. The Kier molecular flexibility index (Phi) is 2.30. The summed E-state index contributed by atoms with van der Waals surface area (Å²) in [4.78, 5) is 34.9. The van der Waals surface area contributed by atoms with Crippen LogP contribution in [0.4, 0.5) is 11.4 Å². The number of rotatable bonds is 2. The zero-order valence-corrected chi connectivity index (χ0v) is 10.9. The molecule has 2 aliphatic heterocycles. The quantitative estimate of drug-likeness (QED) is 0.705. The number of aromatic carboxylic acids is 1. The molecule has 0 spiro atoms. The fourth-order valence-electron chi connectivity index (χ4n) is 2.68. The summed E-state index contributed by atoms with van der Waals surface area (Å²) < 4.78 is 0. The molecule has 0 amide bonds. The lowest BCUT2D eigenvalue weighted by Gasteiger charge is -2.01. The summed E-state index contributed by atoms with van der Waals surface area (Å²) in [6.45, 7) is 0. The predicted octanol–water partition coefficient (Wildman–Crippen LogP) is 0.283. The van der Waals surface area contributed by atoms with Gasteiger partial charge in [-0.3, -0.25) is 4.98 Å². The Balaban J connectivity index is 2.27. The molecule has 1 aromatic carbocycles. The molecule has 4 rings (SSSR count). The van der Waals surface area contributed by atoms with E-state index in [2.05, 4.69) is 15.0 Å². The molecule has 7 nitrogen and oxygen atoms in total. The van der Waals surface area contributed by atoms with Gasteiger partial charge in [0.1, 0.15) is 5.71 Å². The number of aliphatic carboxylic acids is 1. The van der Waals surface area contributed by atoms with Crippen molar-refractivity contribution in [2.75, 3.05) is 0 Å². The number of aromatic nitrogens is 1. The monoisotopic (exact) mass is 293 g/mol. The number of hydrogen-bond donors (Lipinski definition) is 2. The van der Waals surface area contributed by atoms with Crippen molar-refractivity contribution in [2.45, 2.75) is 0 Å². The number of aliphatic imine (C=N–C) groups is 1. The van der Waals surface area contributed by atoms with Crippen LogP contribution in [0.5, 0.6) is 0 Å². The summed E-state index contributed by atoms with van der Waals surface area (Å²) in [6, 6.07) is 3.08. The fraction of sp³-hybridized carbons (Fsp3) is 0. The number of nitrogens with zero attached hydrogens (tertiary/aromatic N) is 3. The van der Waals surface area contributed by atoms with Crippen LogP contribution >= 0.6 is 0 Å². The largest absolute Gasteiger partial charge is 0.478 e. The first-order chi connectivity index (χ1) is 10.6. The van der Waals surface area contributed by atoms with Gasteiger partial charge in [0.15, 0.2) is 0 Å². The summed E-state index contributed by atoms with van der Waals surface area (Å²) >= 11 is 0. The average Bonchev–Trinajstić information content (AvgIpc) is 3.06. The van der Waals surface area contributed by atoms with E-state index in [1.54, 1.807) is 18.5 Å². The zero-order valence-electron chi connectivity index (χ0n) is 10.9. The minimum Gasteiger partial charge on any atom is -0.478 e. The van der Waals surface area contributed by atoms with Crippen molar-refractivity contribution in [3.05, 3.63) is 51.1 Å². The molecular weight excluding hydrogens is 286 g/mol. The molecule has 0 unspecified atom stereocenters. The van der Waals surface area contributed by atoms with Gasteiger partial charge >= 0.3 is 11.9 Å². The molecule has 0 radical (unpaired) electrons. The lowest BCUT2D eigenvalue weighted by molar-refractivity contribution is -0.129. The highest BCUT2D eigenvalue weighted by Crippen LogP contribution is 2.27. The Morgan fingerprint density at radius 2 is 1.91 bits per heavy atom. The molecule has 1 aromatic heterocycles. The molecule has 7 heteroatoms. The van der Waals surface area contributed by atoms with Crippen LogP contribution in [-0.4, -0.2) is 32.8 Å². The van der Waals surface area contributed by atoms with Crippen molar-refractivity contribution in [3.8, 4) is 0 Å². The summed E-state index contributed by atoms with van der Waals surface area (Å²) in [6.07, 6.45) is 4.56. The van der Waals surface area contributed by atoms with Crippen LogP contribution in [0.2, 0.25) is 0 Å². The van der Waals surface area contributed by atoms with Gasteiger partial charge in [-0.05, 0) is 18.2 Å². The number of carboxylic acid groups (broad SMARTS) is 2. The highest BCUT2D eigenvalue weighted by atomic mass is 16.4. The molecule has 3 heterocycles. The van der Waals surface area contributed by atoms with Gasteiger partial charge in [-0.15, -0.1) is 0 Å². The van der Waals surface area contributed by atoms with Gasteiger partial charge in [-0.2, -0.15) is 0 Å². The maximum atomic E-state index is 11.5. The fourth-order valence-corrected chi connectivity index (χ4v) is 2.68. The number of benzene rings is 1. The van der Waals surface area contributed by atoms with Crippen LogP contribution in [0.1, 0.15) is 10.4 Å². The van der Waals surface area contributed by atoms with Crippen LogP contribution in [-0.2, 0) is 4.79 Å². The van der Waals surface area contributed by atoms with Crippen LogP contribution in [0.25, 0.3) is 6.08 Å². The van der Waals surface area contributed by atoms with Gasteiger partial charge in [-0.25, -0.2) is 19.6 Å². The SMILES string of the molecule is O=C(O)C1=Nc2cc(C(=O)O)c3c(c2=C1)=c1ccncc1=N3. The second-order valence-electron chi connectivity index (χ2n) is 4.84. The van der Waals surface area contributed by atoms with Crippen molar-refractivity contribution >= 4 is 35.1 Å². The standard InChI is InChI=1S/C15H7N3O4/c19-14(20)8-4-9-7(3-10(17-9)15(21)22)12-6-1-2-16-5-11(6)18-13(8)12/h1-5H,(H,19,20)(H,21,22). The maximum absolute atomic E-state index is 11.5. The number of pyridine rings is 1. The van der Waals surface area contributed by atoms with Gasteiger partial charge in [0.25, 0.3) is 0 Å². The minimum atomic E-state index is -1.16. The molecule has 0 aliphatic carbocycles. The smallest absolute Gasteiger partial charge is 0.354 e. The van der Waals surface area contributed by atoms with Crippen LogP contribution < -0.4 is 10.6 Å². The Bertz CT molecular complexity index is 1130. The topological polar surface area (TPSA) is 112 Å². The van der Waals surface area contributed by atoms with E-state index >= 15 is 0 Å².